The van der Waals surface area contributed by atoms with Crippen molar-refractivity contribution in [1.82, 2.24) is 0 Å². The topological polar surface area (TPSA) is 80.2 Å². The van der Waals surface area contributed by atoms with E-state index >= 15 is 0 Å². The summed E-state index contributed by atoms with van der Waals surface area (Å²) in [5.74, 6) is 0. The largest absolute Gasteiger partial charge is 0.757 e. The normalized spacial score (nSPS) is 15.0. The van der Waals surface area contributed by atoms with E-state index in [-0.39, 0.29) is 0 Å². The number of ether oxygens (including phenoxy) is 3. The van der Waals surface area contributed by atoms with Gasteiger partial charge in [-0.2, -0.15) is 13.2 Å². The number of hydrogen-bond acceptors (Lipinski definition) is 6. The van der Waals surface area contributed by atoms with Crippen LogP contribution in [0.4, 0.5) is 26.3 Å². The van der Waals surface area contributed by atoms with Gasteiger partial charge in [-0.3, -0.25) is 4.21 Å². The minimum atomic E-state index is -6.46. The van der Waals surface area contributed by atoms with Crippen molar-refractivity contribution in [2.45, 2.75) is 11.8 Å². The molecule has 0 aromatic carbocycles. The first-order chi connectivity index (χ1) is 11.6. The smallest absolute Gasteiger partial charge is 0.510 e. The third kappa shape index (κ3) is 15.6. The van der Waals surface area contributed by atoms with E-state index in [1.165, 1.54) is 0 Å². The lowest BCUT2D eigenvalue weighted by atomic mass is 10.4. The van der Waals surface area contributed by atoms with Crippen LogP contribution in [0, 0.1) is 0 Å². The van der Waals surface area contributed by atoms with Crippen LogP contribution in [0.1, 0.15) is 0 Å². The summed E-state index contributed by atoms with van der Waals surface area (Å²) in [7, 11) is 1.32. The van der Waals surface area contributed by atoms with Crippen molar-refractivity contribution in [3.8, 4) is 0 Å². The molecule has 0 saturated heterocycles. The first kappa shape index (κ1) is 27.5. The van der Waals surface area contributed by atoms with Crippen molar-refractivity contribution < 1.29 is 53.8 Å². The molecule has 7 nitrogen and oxygen atoms in total. The average molecular weight is 422 g/mol. The SMILES string of the molecule is COCCOCC[N+](C)(C)CCOC.O=S([O-])(=NC(F)(F)F)C(F)(F)F. The number of quaternary nitrogens is 1. The Hall–Kier alpha value is -0.670. The lowest BCUT2D eigenvalue weighted by molar-refractivity contribution is -0.891. The maximum Gasteiger partial charge on any atom is 0.510 e. The zero-order valence-electron chi connectivity index (χ0n) is 14.9. The van der Waals surface area contributed by atoms with E-state index in [1.807, 2.05) is 0 Å². The van der Waals surface area contributed by atoms with E-state index in [0.29, 0.717) is 17.6 Å². The number of likely N-dealkylation sites (N-methyl/N-ethyl adjacent to an activating group) is 1. The lowest BCUT2D eigenvalue weighted by Gasteiger charge is -2.29. The number of rotatable bonds is 9. The van der Waals surface area contributed by atoms with Gasteiger partial charge in [0.2, 0.25) is 0 Å². The minimum Gasteiger partial charge on any atom is -0.757 e. The lowest BCUT2D eigenvalue weighted by Crippen LogP contribution is -2.44. The summed E-state index contributed by atoms with van der Waals surface area (Å²) in [6.07, 6.45) is -5.74. The van der Waals surface area contributed by atoms with Gasteiger partial charge in [-0.15, -0.1) is 17.5 Å². The maximum absolute atomic E-state index is 11.2. The molecule has 26 heavy (non-hydrogen) atoms. The van der Waals surface area contributed by atoms with Gasteiger partial charge in [-0.05, 0) is 0 Å². The zero-order chi connectivity index (χ0) is 21.1. The van der Waals surface area contributed by atoms with Crippen molar-refractivity contribution in [2.24, 2.45) is 4.36 Å². The van der Waals surface area contributed by atoms with E-state index < -0.39 is 21.8 Å². The minimum absolute atomic E-state index is 0.660. The zero-order valence-corrected chi connectivity index (χ0v) is 15.7. The molecule has 0 aliphatic heterocycles. The van der Waals surface area contributed by atoms with Gasteiger partial charge in [-0.25, -0.2) is 0 Å². The number of methoxy groups -OCH3 is 2. The summed E-state index contributed by atoms with van der Waals surface area (Å²) in [6, 6.07) is 0. The summed E-state index contributed by atoms with van der Waals surface area (Å²) in [4.78, 5) is 0. The van der Waals surface area contributed by atoms with E-state index in [4.69, 9.17) is 14.2 Å². The average Bonchev–Trinajstić information content (AvgIpc) is 2.42. The summed E-state index contributed by atoms with van der Waals surface area (Å²) in [6.45, 7) is 4.95. The second-order valence-electron chi connectivity index (χ2n) is 5.46. The van der Waals surface area contributed by atoms with Gasteiger partial charge in [0.1, 0.15) is 13.1 Å². The molecule has 0 rings (SSSR count). The Morgan fingerprint density at radius 2 is 1.38 bits per heavy atom. The molecule has 1 unspecified atom stereocenters. The highest BCUT2D eigenvalue weighted by atomic mass is 32.2. The Balaban J connectivity index is 0. The number of nitrogens with zero attached hydrogens (tertiary/aromatic N) is 2. The quantitative estimate of drug-likeness (QED) is 0.246. The fourth-order valence-corrected chi connectivity index (χ4v) is 1.57. The van der Waals surface area contributed by atoms with Gasteiger partial charge in [0, 0.05) is 14.2 Å². The molecule has 0 saturated carbocycles. The van der Waals surface area contributed by atoms with Crippen LogP contribution in [0.25, 0.3) is 0 Å². The molecule has 160 valence electrons. The third-order valence-corrected chi connectivity index (χ3v) is 3.72. The molecular weight excluding hydrogens is 398 g/mol. The maximum atomic E-state index is 11.2. The Kier molecular flexibility index (Phi) is 12.6. The summed E-state index contributed by atoms with van der Waals surface area (Å²) in [5, 5.41) is 0. The molecule has 0 spiro atoms. The molecule has 0 fully saturated rings. The standard InChI is InChI=1S/C10H24NO3.C2HF6NO2S/c1-11(2,5-7-12-3)6-8-14-10-9-13-4;3-1(4,5)9-12(10,11)2(6,7)8/h5-10H2,1-4H3;(H,9,10,11)/q+1;/p-1. The van der Waals surface area contributed by atoms with Gasteiger partial charge in [0.25, 0.3) is 0 Å². The van der Waals surface area contributed by atoms with E-state index in [2.05, 4.69) is 14.1 Å². The molecule has 0 aliphatic carbocycles. The molecule has 0 bridgehead atoms. The predicted octanol–water partition coefficient (Wildman–Crippen LogP) is 2.00. The Bertz CT molecular complexity index is 489. The number of alkyl halides is 6. The molecule has 0 heterocycles. The number of hydrogen-bond donors (Lipinski definition) is 0. The van der Waals surface area contributed by atoms with Gasteiger partial charge in [0.15, 0.2) is 0 Å². The molecule has 0 radical (unpaired) electrons. The number of halogens is 6. The van der Waals surface area contributed by atoms with Crippen LogP contribution in [-0.4, -0.2) is 92.9 Å². The van der Waals surface area contributed by atoms with E-state index in [1.54, 1.807) is 14.2 Å². The highest BCUT2D eigenvalue weighted by Crippen LogP contribution is 2.28. The molecule has 0 N–H and O–H groups in total. The van der Waals surface area contributed by atoms with Gasteiger partial charge in [-0.1, -0.05) is 0 Å². The second-order valence-corrected chi connectivity index (χ2v) is 7.06. The van der Waals surface area contributed by atoms with Gasteiger partial charge in [0.05, 0.1) is 50.5 Å². The van der Waals surface area contributed by atoms with E-state index in [0.717, 1.165) is 30.8 Å². The molecule has 0 aromatic heterocycles. The molecule has 0 amide bonds. The van der Waals surface area contributed by atoms with Crippen molar-refractivity contribution in [2.75, 3.05) is 67.8 Å². The van der Waals surface area contributed by atoms with Gasteiger partial charge < -0.3 is 23.2 Å². The van der Waals surface area contributed by atoms with Crippen LogP contribution in [0.2, 0.25) is 0 Å². The predicted molar refractivity (Wildman–Crippen MR) is 79.9 cm³/mol. The fourth-order valence-electron chi connectivity index (χ4n) is 1.19. The van der Waals surface area contributed by atoms with Crippen molar-refractivity contribution in [1.29, 1.82) is 0 Å². The summed E-state index contributed by atoms with van der Waals surface area (Å²) in [5.41, 5.74) is -6.01. The van der Waals surface area contributed by atoms with Crippen LogP contribution in [0.5, 0.6) is 0 Å². The molecule has 0 aliphatic rings. The molecule has 0 aromatic rings. The summed E-state index contributed by atoms with van der Waals surface area (Å²) < 4.78 is 103. The van der Waals surface area contributed by atoms with Crippen molar-refractivity contribution >= 4 is 10.0 Å². The fraction of sp³-hybridized carbons (Fsp3) is 1.00. The van der Waals surface area contributed by atoms with Crippen LogP contribution in [0.15, 0.2) is 4.36 Å². The third-order valence-electron chi connectivity index (χ3n) is 2.69. The first-order valence-corrected chi connectivity index (χ1v) is 8.52. The van der Waals surface area contributed by atoms with Crippen LogP contribution < -0.4 is 0 Å². The highest BCUT2D eigenvalue weighted by molar-refractivity contribution is 7.88. The highest BCUT2D eigenvalue weighted by Gasteiger charge is 2.40. The van der Waals surface area contributed by atoms with Crippen molar-refractivity contribution in [3.63, 3.8) is 0 Å². The van der Waals surface area contributed by atoms with Crippen molar-refractivity contribution in [3.05, 3.63) is 0 Å². The van der Waals surface area contributed by atoms with Gasteiger partial charge >= 0.3 is 11.8 Å². The Morgan fingerprint density at radius 3 is 1.73 bits per heavy atom. The van der Waals surface area contributed by atoms with E-state index in [9.17, 15) is 35.1 Å². The monoisotopic (exact) mass is 422 g/mol. The molecule has 1 atom stereocenters. The Morgan fingerprint density at radius 1 is 0.923 bits per heavy atom. The van der Waals surface area contributed by atoms with Crippen LogP contribution >= 0.6 is 0 Å². The molecular formula is C12H24F6N2O5S. The van der Waals surface area contributed by atoms with Crippen LogP contribution in [-0.2, 0) is 24.2 Å². The summed E-state index contributed by atoms with van der Waals surface area (Å²) >= 11 is 0. The second kappa shape index (κ2) is 11.9. The Labute approximate surface area is 148 Å². The molecule has 14 heteroatoms. The van der Waals surface area contributed by atoms with Crippen LogP contribution in [0.3, 0.4) is 0 Å². The first-order valence-electron chi connectivity index (χ1n) is 7.08.